The van der Waals surface area contributed by atoms with Gasteiger partial charge in [0.2, 0.25) is 0 Å². The van der Waals surface area contributed by atoms with Crippen LogP contribution in [-0.2, 0) is 6.18 Å². The predicted molar refractivity (Wildman–Crippen MR) is 76.4 cm³/mol. The van der Waals surface area contributed by atoms with Crippen LogP contribution >= 0.6 is 0 Å². The molecule has 1 N–H and O–H groups in total. The van der Waals surface area contributed by atoms with Crippen LogP contribution in [0.25, 0.3) is 0 Å². The molecule has 1 aliphatic rings. The smallest absolute Gasteiger partial charge is 0.419 e. The number of piperidine rings is 1. The maximum absolute atomic E-state index is 12.8. The van der Waals surface area contributed by atoms with E-state index in [9.17, 15) is 18.3 Å². The molecule has 0 spiro atoms. The zero-order valence-electron chi connectivity index (χ0n) is 12.5. The number of benzene rings is 1. The van der Waals surface area contributed by atoms with E-state index in [0.29, 0.717) is 11.5 Å². The SMILES string of the molecule is CC(C)CN1CCC(c2cccc(C(F)(F)F)c2O)CC1. The molecule has 0 amide bonds. The van der Waals surface area contributed by atoms with Crippen LogP contribution in [0.3, 0.4) is 0 Å². The highest BCUT2D eigenvalue weighted by Gasteiger charge is 2.35. The van der Waals surface area contributed by atoms with Crippen LogP contribution in [0.2, 0.25) is 0 Å². The van der Waals surface area contributed by atoms with Crippen molar-refractivity contribution in [3.63, 3.8) is 0 Å². The number of hydrogen-bond acceptors (Lipinski definition) is 2. The molecule has 1 aliphatic heterocycles. The second-order valence-corrected chi connectivity index (χ2v) is 6.21. The Morgan fingerprint density at radius 2 is 1.86 bits per heavy atom. The Labute approximate surface area is 123 Å². The molecule has 1 aromatic rings. The third-order valence-corrected chi connectivity index (χ3v) is 4.02. The second kappa shape index (κ2) is 6.26. The van der Waals surface area contributed by atoms with E-state index in [1.165, 1.54) is 6.07 Å². The van der Waals surface area contributed by atoms with Crippen LogP contribution in [0.4, 0.5) is 13.2 Å². The van der Waals surface area contributed by atoms with E-state index in [1.54, 1.807) is 6.07 Å². The summed E-state index contributed by atoms with van der Waals surface area (Å²) in [6.07, 6.45) is -2.92. The van der Waals surface area contributed by atoms with Gasteiger partial charge in [0.05, 0.1) is 5.56 Å². The van der Waals surface area contributed by atoms with E-state index in [1.807, 2.05) is 0 Å². The number of phenolic OH excluding ortho intramolecular Hbond substituents is 1. The maximum Gasteiger partial charge on any atom is 0.419 e. The van der Waals surface area contributed by atoms with Crippen LogP contribution in [0.1, 0.15) is 43.7 Å². The molecule has 0 radical (unpaired) electrons. The molecule has 5 heteroatoms. The summed E-state index contributed by atoms with van der Waals surface area (Å²) in [6.45, 7) is 7.08. The van der Waals surface area contributed by atoms with Crippen LogP contribution in [0, 0.1) is 5.92 Å². The van der Waals surface area contributed by atoms with Crippen LogP contribution in [0.15, 0.2) is 18.2 Å². The van der Waals surface area contributed by atoms with E-state index >= 15 is 0 Å². The van der Waals surface area contributed by atoms with Gasteiger partial charge in [0.1, 0.15) is 5.75 Å². The average molecular weight is 301 g/mol. The van der Waals surface area contributed by atoms with Gasteiger partial charge in [-0.05, 0) is 49.4 Å². The van der Waals surface area contributed by atoms with E-state index in [0.717, 1.165) is 38.5 Å². The highest BCUT2D eigenvalue weighted by molar-refractivity contribution is 5.44. The summed E-state index contributed by atoms with van der Waals surface area (Å²) in [7, 11) is 0. The van der Waals surface area contributed by atoms with Crippen molar-refractivity contribution in [3.8, 4) is 5.75 Å². The summed E-state index contributed by atoms with van der Waals surface area (Å²) < 4.78 is 38.5. The normalized spacial score (nSPS) is 18.4. The minimum atomic E-state index is -4.50. The number of phenols is 1. The molecule has 1 saturated heterocycles. The van der Waals surface area contributed by atoms with Gasteiger partial charge < -0.3 is 10.0 Å². The zero-order chi connectivity index (χ0) is 15.6. The highest BCUT2D eigenvalue weighted by atomic mass is 19.4. The molecule has 118 valence electrons. The Balaban J connectivity index is 2.11. The van der Waals surface area contributed by atoms with Gasteiger partial charge in [0, 0.05) is 6.54 Å². The fraction of sp³-hybridized carbons (Fsp3) is 0.625. The number of likely N-dealkylation sites (tertiary alicyclic amines) is 1. The van der Waals surface area contributed by atoms with Crippen molar-refractivity contribution in [1.29, 1.82) is 0 Å². The van der Waals surface area contributed by atoms with Gasteiger partial charge in [0.25, 0.3) is 0 Å². The molecule has 2 nitrogen and oxygen atoms in total. The first kappa shape index (κ1) is 16.1. The lowest BCUT2D eigenvalue weighted by molar-refractivity contribution is -0.138. The molecule has 21 heavy (non-hydrogen) atoms. The lowest BCUT2D eigenvalue weighted by atomic mass is 9.87. The zero-order valence-corrected chi connectivity index (χ0v) is 12.5. The summed E-state index contributed by atoms with van der Waals surface area (Å²) >= 11 is 0. The second-order valence-electron chi connectivity index (χ2n) is 6.21. The average Bonchev–Trinajstić information content (AvgIpc) is 2.38. The molecule has 0 saturated carbocycles. The topological polar surface area (TPSA) is 23.5 Å². The Bertz CT molecular complexity index is 477. The molecular weight excluding hydrogens is 279 g/mol. The molecule has 0 aromatic heterocycles. The van der Waals surface area contributed by atoms with Gasteiger partial charge in [-0.2, -0.15) is 13.2 Å². The summed E-state index contributed by atoms with van der Waals surface area (Å²) in [4.78, 5) is 2.34. The van der Waals surface area contributed by atoms with Crippen molar-refractivity contribution in [2.24, 2.45) is 5.92 Å². The molecule has 1 aromatic carbocycles. The number of halogens is 3. The fourth-order valence-corrected chi connectivity index (χ4v) is 3.06. The van der Waals surface area contributed by atoms with E-state index in [4.69, 9.17) is 0 Å². The minimum Gasteiger partial charge on any atom is -0.507 e. The van der Waals surface area contributed by atoms with E-state index in [2.05, 4.69) is 18.7 Å². The predicted octanol–water partition coefficient (Wildman–Crippen LogP) is 4.25. The van der Waals surface area contributed by atoms with Crippen molar-refractivity contribution in [2.45, 2.75) is 38.8 Å². The summed E-state index contributed by atoms with van der Waals surface area (Å²) in [6, 6.07) is 3.94. The lowest BCUT2D eigenvalue weighted by Crippen LogP contribution is -2.35. The number of hydrogen-bond donors (Lipinski definition) is 1. The Hall–Kier alpha value is -1.23. The molecule has 0 aliphatic carbocycles. The van der Waals surface area contributed by atoms with Gasteiger partial charge >= 0.3 is 6.18 Å². The summed E-state index contributed by atoms with van der Waals surface area (Å²) in [5.74, 6) is 0.00605. The van der Waals surface area contributed by atoms with Crippen molar-refractivity contribution >= 4 is 0 Å². The van der Waals surface area contributed by atoms with Crippen LogP contribution in [-0.4, -0.2) is 29.6 Å². The molecule has 2 rings (SSSR count). The Morgan fingerprint density at radius 3 is 2.38 bits per heavy atom. The van der Waals surface area contributed by atoms with Crippen molar-refractivity contribution < 1.29 is 18.3 Å². The summed E-state index contributed by atoms with van der Waals surface area (Å²) in [5.41, 5.74) is -0.487. The molecule has 0 bridgehead atoms. The molecular formula is C16H22F3NO. The van der Waals surface area contributed by atoms with E-state index < -0.39 is 17.5 Å². The van der Waals surface area contributed by atoms with Crippen molar-refractivity contribution in [1.82, 2.24) is 4.90 Å². The van der Waals surface area contributed by atoms with Gasteiger partial charge in [0.15, 0.2) is 0 Å². The first-order chi connectivity index (χ1) is 9.79. The number of aromatic hydroxyl groups is 1. The first-order valence-corrected chi connectivity index (χ1v) is 7.40. The fourth-order valence-electron chi connectivity index (χ4n) is 3.06. The lowest BCUT2D eigenvalue weighted by Gasteiger charge is -2.33. The van der Waals surface area contributed by atoms with E-state index in [-0.39, 0.29) is 5.92 Å². The third-order valence-electron chi connectivity index (χ3n) is 4.02. The van der Waals surface area contributed by atoms with Crippen molar-refractivity contribution in [2.75, 3.05) is 19.6 Å². The number of para-hydroxylation sites is 1. The standard InChI is InChI=1S/C16H22F3NO/c1-11(2)10-20-8-6-12(7-9-20)13-4-3-5-14(15(13)21)16(17,18)19/h3-5,11-12,21H,6-10H2,1-2H3. The summed E-state index contributed by atoms with van der Waals surface area (Å²) in [5, 5.41) is 9.95. The molecule has 1 fully saturated rings. The molecule has 1 heterocycles. The minimum absolute atomic E-state index is 0.00992. The van der Waals surface area contributed by atoms with Crippen LogP contribution < -0.4 is 0 Å². The first-order valence-electron chi connectivity index (χ1n) is 7.40. The monoisotopic (exact) mass is 301 g/mol. The number of alkyl halides is 3. The third kappa shape index (κ3) is 3.90. The Morgan fingerprint density at radius 1 is 1.24 bits per heavy atom. The van der Waals surface area contributed by atoms with Crippen molar-refractivity contribution in [3.05, 3.63) is 29.3 Å². The highest BCUT2D eigenvalue weighted by Crippen LogP contribution is 2.42. The quantitative estimate of drug-likeness (QED) is 0.902. The molecule has 0 atom stereocenters. The Kier molecular flexibility index (Phi) is 4.81. The van der Waals surface area contributed by atoms with Gasteiger partial charge in [-0.1, -0.05) is 26.0 Å². The largest absolute Gasteiger partial charge is 0.507 e. The van der Waals surface area contributed by atoms with Gasteiger partial charge in [-0.3, -0.25) is 0 Å². The van der Waals surface area contributed by atoms with Gasteiger partial charge in [-0.15, -0.1) is 0 Å². The number of rotatable bonds is 3. The number of nitrogens with zero attached hydrogens (tertiary/aromatic N) is 1. The molecule has 0 unspecified atom stereocenters. The van der Waals surface area contributed by atoms with Crippen LogP contribution in [0.5, 0.6) is 5.75 Å². The maximum atomic E-state index is 12.8. The van der Waals surface area contributed by atoms with Gasteiger partial charge in [-0.25, -0.2) is 0 Å².